The van der Waals surface area contributed by atoms with Gasteiger partial charge in [0.1, 0.15) is 16.2 Å². The molecule has 1 aromatic heterocycles. The number of hydrogen-bond donors (Lipinski definition) is 4. The summed E-state index contributed by atoms with van der Waals surface area (Å²) in [6.07, 6.45) is 4.87. The van der Waals surface area contributed by atoms with Crippen LogP contribution in [0.3, 0.4) is 0 Å². The molecule has 2 heterocycles. The van der Waals surface area contributed by atoms with Gasteiger partial charge in [0.2, 0.25) is 0 Å². The molecule has 1 aliphatic heterocycles. The number of nitrogens with one attached hydrogen (secondary N) is 2. The van der Waals surface area contributed by atoms with Crippen molar-refractivity contribution in [1.82, 2.24) is 9.78 Å². The van der Waals surface area contributed by atoms with Crippen molar-refractivity contribution in [3.63, 3.8) is 0 Å². The highest BCUT2D eigenvalue weighted by Gasteiger charge is 2.32. The molecule has 1 aliphatic carbocycles. The topological polar surface area (TPSA) is 143 Å². The zero-order chi connectivity index (χ0) is 25.5. The zero-order valence-electron chi connectivity index (χ0n) is 20.4. The molecular formula is C23H33N5O5S2. The van der Waals surface area contributed by atoms with Crippen LogP contribution in [0.25, 0.3) is 0 Å². The number of rotatable bonds is 9. The van der Waals surface area contributed by atoms with E-state index in [0.29, 0.717) is 48.4 Å². The van der Waals surface area contributed by atoms with Crippen molar-refractivity contribution in [1.29, 1.82) is 0 Å². The van der Waals surface area contributed by atoms with Gasteiger partial charge in [-0.3, -0.25) is 9.00 Å². The van der Waals surface area contributed by atoms with E-state index in [1.54, 1.807) is 19.2 Å². The summed E-state index contributed by atoms with van der Waals surface area (Å²) in [6, 6.07) is 4.51. The lowest BCUT2D eigenvalue weighted by molar-refractivity contribution is 0.426. The van der Waals surface area contributed by atoms with Gasteiger partial charge in [0.25, 0.3) is 15.6 Å². The van der Waals surface area contributed by atoms with E-state index in [9.17, 15) is 22.5 Å². The fourth-order valence-electron chi connectivity index (χ4n) is 3.78. The van der Waals surface area contributed by atoms with Crippen molar-refractivity contribution in [2.45, 2.75) is 57.9 Å². The Morgan fingerprint density at radius 3 is 2.66 bits per heavy atom. The molecule has 0 saturated heterocycles. The summed E-state index contributed by atoms with van der Waals surface area (Å²) in [5, 5.41) is 18.3. The molecule has 0 amide bonds. The third-order valence-corrected chi connectivity index (χ3v) is 9.48. The molecule has 0 atom stereocenters. The van der Waals surface area contributed by atoms with Gasteiger partial charge in [0.05, 0.1) is 5.69 Å². The summed E-state index contributed by atoms with van der Waals surface area (Å²) in [6.45, 7) is 6.21. The second-order valence-electron chi connectivity index (χ2n) is 9.81. The first kappa shape index (κ1) is 25.4. The van der Waals surface area contributed by atoms with E-state index in [1.807, 2.05) is 13.8 Å². The van der Waals surface area contributed by atoms with Crippen molar-refractivity contribution in [3.8, 4) is 5.75 Å². The molecule has 4 rings (SSSR count). The van der Waals surface area contributed by atoms with Crippen LogP contribution in [-0.2, 0) is 33.1 Å². The van der Waals surface area contributed by atoms with E-state index in [4.69, 9.17) is 0 Å². The highest BCUT2D eigenvalue weighted by Crippen LogP contribution is 2.36. The lowest BCUT2D eigenvalue weighted by Crippen LogP contribution is -2.35. The first-order chi connectivity index (χ1) is 16.4. The van der Waals surface area contributed by atoms with Gasteiger partial charge in [0.15, 0.2) is 11.6 Å². The summed E-state index contributed by atoms with van der Waals surface area (Å²) >= 11 is 0. The molecule has 1 fully saturated rings. The van der Waals surface area contributed by atoms with Gasteiger partial charge in [-0.25, -0.2) is 4.68 Å². The molecule has 192 valence electrons. The Kier molecular flexibility index (Phi) is 6.80. The summed E-state index contributed by atoms with van der Waals surface area (Å²) < 4.78 is 46.7. The van der Waals surface area contributed by atoms with Gasteiger partial charge < -0.3 is 15.1 Å². The number of aromatic hydroxyl groups is 1. The Hall–Kier alpha value is -2.73. The predicted molar refractivity (Wildman–Crippen MR) is 139 cm³/mol. The van der Waals surface area contributed by atoms with Crippen LogP contribution in [0.5, 0.6) is 5.75 Å². The first-order valence-corrected chi connectivity index (χ1v) is 15.6. The number of benzene rings is 1. The summed E-state index contributed by atoms with van der Waals surface area (Å²) in [4.78, 5) is 13.2. The lowest BCUT2D eigenvalue weighted by Gasteiger charge is -2.23. The number of sulfonamides is 1. The molecular weight excluding hydrogens is 490 g/mol. The van der Waals surface area contributed by atoms with Crippen LogP contribution in [0, 0.1) is 11.8 Å². The fourth-order valence-corrected chi connectivity index (χ4v) is 5.77. The van der Waals surface area contributed by atoms with Crippen molar-refractivity contribution < 1.29 is 17.7 Å². The number of fused-ring (bicyclic) bond motifs is 1. The molecule has 0 spiro atoms. The van der Waals surface area contributed by atoms with Gasteiger partial charge in [0, 0.05) is 24.2 Å². The van der Waals surface area contributed by atoms with Gasteiger partial charge in [-0.2, -0.15) is 13.5 Å². The van der Waals surface area contributed by atoms with Crippen molar-refractivity contribution in [2.75, 3.05) is 22.0 Å². The minimum absolute atomic E-state index is 0.103. The molecule has 3 N–H and O–H groups in total. The van der Waals surface area contributed by atoms with Crippen molar-refractivity contribution >= 4 is 37.4 Å². The highest BCUT2D eigenvalue weighted by molar-refractivity contribution is 8.03. The van der Waals surface area contributed by atoms with E-state index in [0.717, 1.165) is 12.8 Å². The van der Waals surface area contributed by atoms with Crippen LogP contribution in [0.15, 0.2) is 32.3 Å². The zero-order valence-corrected chi connectivity index (χ0v) is 22.1. The maximum absolute atomic E-state index is 13.3. The molecule has 35 heavy (non-hydrogen) atoms. The number of thiol groups is 1. The summed E-state index contributed by atoms with van der Waals surface area (Å²) in [7, 11) is -6.87. The van der Waals surface area contributed by atoms with E-state index in [2.05, 4.69) is 19.5 Å². The monoisotopic (exact) mass is 523 g/mol. The molecule has 0 unspecified atom stereocenters. The Bertz CT molecular complexity index is 1390. The van der Waals surface area contributed by atoms with Crippen LogP contribution < -0.4 is 15.6 Å². The lowest BCUT2D eigenvalue weighted by atomic mass is 10.1. The molecule has 2 aliphatic rings. The Labute approximate surface area is 206 Å². The maximum Gasteiger partial charge on any atom is 0.286 e. The molecule has 10 nitrogen and oxygen atoms in total. The number of hydrogen-bond acceptors (Lipinski definition) is 7. The van der Waals surface area contributed by atoms with Crippen LogP contribution in [0.2, 0.25) is 0 Å². The van der Waals surface area contributed by atoms with Gasteiger partial charge in [-0.1, -0.05) is 20.8 Å². The summed E-state index contributed by atoms with van der Waals surface area (Å²) in [5.74, 6) is 0.574. The van der Waals surface area contributed by atoms with E-state index in [1.165, 1.54) is 16.8 Å². The van der Waals surface area contributed by atoms with Crippen molar-refractivity contribution in [2.24, 2.45) is 16.2 Å². The summed E-state index contributed by atoms with van der Waals surface area (Å²) in [5.41, 5.74) is 0.197. The number of aryl methyl sites for hydroxylation is 1. The van der Waals surface area contributed by atoms with Crippen molar-refractivity contribution in [3.05, 3.63) is 39.8 Å². The molecule has 0 radical (unpaired) electrons. The SMILES string of the molecule is CC[SH](C)(=O)Nc1ccc2c(c1)S(=O)(=O)N=C(c1c(O)c(CC3CC3)nn(CCC(C)C)c1=O)N2. The van der Waals surface area contributed by atoms with Crippen LogP contribution in [0.4, 0.5) is 11.4 Å². The molecule has 1 aromatic carbocycles. The minimum Gasteiger partial charge on any atom is -0.505 e. The molecule has 1 saturated carbocycles. The third-order valence-electron chi connectivity index (χ3n) is 6.23. The minimum atomic E-state index is -4.20. The first-order valence-electron chi connectivity index (χ1n) is 11.8. The molecule has 0 bridgehead atoms. The number of anilines is 2. The average molecular weight is 524 g/mol. The number of nitrogens with zero attached hydrogens (tertiary/aromatic N) is 3. The Balaban J connectivity index is 1.78. The van der Waals surface area contributed by atoms with Crippen LogP contribution >= 0.6 is 0 Å². The average Bonchev–Trinajstić information content (AvgIpc) is 3.59. The van der Waals surface area contributed by atoms with Gasteiger partial charge in [-0.05, 0) is 65.8 Å². The normalized spacial score (nSPS) is 17.5. The fraction of sp³-hybridized carbons (Fsp3) is 0.522. The number of amidine groups is 1. The predicted octanol–water partition coefficient (Wildman–Crippen LogP) is 2.50. The van der Waals surface area contributed by atoms with Crippen LogP contribution in [0.1, 0.15) is 51.3 Å². The van der Waals surface area contributed by atoms with Crippen LogP contribution in [-0.4, -0.2) is 45.4 Å². The third kappa shape index (κ3) is 5.58. The Morgan fingerprint density at radius 2 is 2.03 bits per heavy atom. The smallest absolute Gasteiger partial charge is 0.286 e. The molecule has 12 heteroatoms. The van der Waals surface area contributed by atoms with Gasteiger partial charge in [-0.15, -0.1) is 4.40 Å². The quantitative estimate of drug-likeness (QED) is 0.370. The molecule has 2 aromatic rings. The highest BCUT2D eigenvalue weighted by atomic mass is 32.3. The standard InChI is InChI=1S/C23H33N5O5S2/c1-5-34(4,31)26-16-8-9-17-19(13-16)35(32,33)27-22(24-17)20-21(29)18(12-15-6-7-15)25-28(23(20)30)11-10-14(2)3/h8-9,13-15,29,34H,5-7,10-12H2,1-4H3,(H,24,27)(H,26,31). The number of aromatic nitrogens is 2. The van der Waals surface area contributed by atoms with Gasteiger partial charge >= 0.3 is 0 Å². The van der Waals surface area contributed by atoms with E-state index in [-0.39, 0.29) is 27.7 Å². The second kappa shape index (κ2) is 9.38. The second-order valence-corrected chi connectivity index (χ2v) is 14.4. The largest absolute Gasteiger partial charge is 0.505 e. The Morgan fingerprint density at radius 1 is 1.31 bits per heavy atom. The van der Waals surface area contributed by atoms with E-state index < -0.39 is 25.7 Å². The maximum atomic E-state index is 13.3. The van der Waals surface area contributed by atoms with E-state index >= 15 is 0 Å².